The second kappa shape index (κ2) is 3.76. The first-order valence-electron chi connectivity index (χ1n) is 5.48. The van der Waals surface area contributed by atoms with Gasteiger partial charge in [0.25, 0.3) is 0 Å². The Kier molecular flexibility index (Phi) is 2.22. The molecule has 0 unspecified atom stereocenters. The predicted octanol–water partition coefficient (Wildman–Crippen LogP) is 1.03. The van der Waals surface area contributed by atoms with Gasteiger partial charge in [-0.3, -0.25) is 10.1 Å². The summed E-state index contributed by atoms with van der Waals surface area (Å²) >= 11 is 0. The number of hydrogen-bond donors (Lipinski definition) is 1. The van der Waals surface area contributed by atoms with Gasteiger partial charge < -0.3 is 5.73 Å². The largest absolute Gasteiger partial charge is 0.368 e. The minimum absolute atomic E-state index is 0.0147. The van der Waals surface area contributed by atoms with Gasteiger partial charge in [-0.1, -0.05) is 0 Å². The molecule has 0 radical (unpaired) electrons. The Morgan fingerprint density at radius 2 is 2.28 bits per heavy atom. The molecule has 8 heteroatoms. The number of hydrogen-bond acceptors (Lipinski definition) is 6. The third-order valence-electron chi connectivity index (χ3n) is 2.79. The van der Waals surface area contributed by atoms with Gasteiger partial charge >= 0.3 is 5.69 Å². The van der Waals surface area contributed by atoms with Gasteiger partial charge in [-0.25, -0.2) is 9.67 Å². The van der Waals surface area contributed by atoms with E-state index in [-0.39, 0.29) is 17.5 Å². The number of nitrogens with zero attached hydrogens (tertiary/aromatic N) is 5. The first-order chi connectivity index (χ1) is 8.65. The van der Waals surface area contributed by atoms with Gasteiger partial charge in [-0.05, 0) is 18.9 Å². The molecule has 0 spiro atoms. The first-order valence-corrected chi connectivity index (χ1v) is 5.48. The molecule has 0 aromatic carbocycles. The minimum atomic E-state index is -0.548. The molecule has 1 saturated carbocycles. The Morgan fingerprint density at radius 3 is 2.94 bits per heavy atom. The van der Waals surface area contributed by atoms with Crippen molar-refractivity contribution in [3.05, 3.63) is 34.3 Å². The monoisotopic (exact) mass is 246 g/mol. The van der Waals surface area contributed by atoms with Crippen LogP contribution in [0, 0.1) is 10.1 Å². The van der Waals surface area contributed by atoms with E-state index in [2.05, 4.69) is 15.1 Å². The highest BCUT2D eigenvalue weighted by molar-refractivity contribution is 5.47. The molecule has 0 saturated heterocycles. The molecular weight excluding hydrogens is 236 g/mol. The fourth-order valence-electron chi connectivity index (χ4n) is 1.73. The summed E-state index contributed by atoms with van der Waals surface area (Å²) in [6.45, 7) is 0. The summed E-state index contributed by atoms with van der Waals surface area (Å²) in [6, 6.07) is 1.85. The Hall–Kier alpha value is -2.51. The first kappa shape index (κ1) is 10.6. The molecule has 1 aliphatic carbocycles. The predicted molar refractivity (Wildman–Crippen MR) is 62.2 cm³/mol. The van der Waals surface area contributed by atoms with Gasteiger partial charge in [0.1, 0.15) is 6.20 Å². The van der Waals surface area contributed by atoms with Gasteiger partial charge in [0.15, 0.2) is 0 Å². The lowest BCUT2D eigenvalue weighted by atomic mass is 10.3. The summed E-state index contributed by atoms with van der Waals surface area (Å²) in [5.74, 6) is 0.558. The van der Waals surface area contributed by atoms with Crippen LogP contribution < -0.4 is 5.73 Å². The molecule has 0 atom stereocenters. The van der Waals surface area contributed by atoms with E-state index >= 15 is 0 Å². The lowest BCUT2D eigenvalue weighted by Gasteiger charge is -2.02. The summed E-state index contributed by atoms with van der Waals surface area (Å²) in [6.07, 6.45) is 4.98. The van der Waals surface area contributed by atoms with Crippen molar-refractivity contribution in [3.63, 3.8) is 0 Å². The van der Waals surface area contributed by atoms with Gasteiger partial charge in [0, 0.05) is 12.1 Å². The quantitative estimate of drug-likeness (QED) is 0.639. The zero-order valence-corrected chi connectivity index (χ0v) is 9.35. The fourth-order valence-corrected chi connectivity index (χ4v) is 1.73. The highest BCUT2D eigenvalue weighted by Crippen LogP contribution is 2.39. The highest BCUT2D eigenvalue weighted by atomic mass is 16.6. The van der Waals surface area contributed by atoms with Crippen LogP contribution in [0.25, 0.3) is 5.82 Å². The molecule has 2 aromatic rings. The van der Waals surface area contributed by atoms with E-state index in [1.54, 1.807) is 6.20 Å². The Labute approximate surface area is 102 Å². The van der Waals surface area contributed by atoms with Crippen molar-refractivity contribution in [2.45, 2.75) is 18.8 Å². The fraction of sp³-hybridized carbons (Fsp3) is 0.300. The molecule has 0 amide bonds. The summed E-state index contributed by atoms with van der Waals surface area (Å²) in [5, 5.41) is 15.2. The molecule has 2 N–H and O–H groups in total. The average molecular weight is 246 g/mol. The summed E-state index contributed by atoms with van der Waals surface area (Å²) in [7, 11) is 0. The Bertz CT molecular complexity index is 619. The summed E-state index contributed by atoms with van der Waals surface area (Å²) in [5.41, 5.74) is 6.18. The van der Waals surface area contributed by atoms with Crippen molar-refractivity contribution >= 4 is 11.6 Å². The van der Waals surface area contributed by atoms with Gasteiger partial charge in [0.2, 0.25) is 11.8 Å². The lowest BCUT2D eigenvalue weighted by Crippen LogP contribution is -2.07. The maximum Gasteiger partial charge on any atom is 0.332 e. The smallest absolute Gasteiger partial charge is 0.332 e. The van der Waals surface area contributed by atoms with E-state index in [0.29, 0.717) is 5.92 Å². The van der Waals surface area contributed by atoms with Crippen molar-refractivity contribution < 1.29 is 4.92 Å². The third kappa shape index (κ3) is 1.77. The second-order valence-electron chi connectivity index (χ2n) is 4.15. The van der Waals surface area contributed by atoms with E-state index in [1.807, 2.05) is 6.07 Å². The van der Waals surface area contributed by atoms with Crippen LogP contribution in [-0.2, 0) is 0 Å². The molecule has 0 bridgehead atoms. The third-order valence-corrected chi connectivity index (χ3v) is 2.79. The highest BCUT2D eigenvalue weighted by Gasteiger charge is 2.27. The molecule has 1 fully saturated rings. The second-order valence-corrected chi connectivity index (χ2v) is 4.15. The van der Waals surface area contributed by atoms with Crippen LogP contribution in [0.2, 0.25) is 0 Å². The van der Waals surface area contributed by atoms with E-state index in [1.165, 1.54) is 4.68 Å². The maximum absolute atomic E-state index is 10.9. The summed E-state index contributed by atoms with van der Waals surface area (Å²) in [4.78, 5) is 17.9. The Morgan fingerprint density at radius 1 is 1.50 bits per heavy atom. The van der Waals surface area contributed by atoms with E-state index in [9.17, 15) is 10.1 Å². The summed E-state index contributed by atoms with van der Waals surface area (Å²) < 4.78 is 1.38. The van der Waals surface area contributed by atoms with Crippen LogP contribution >= 0.6 is 0 Å². The number of nitro groups is 1. The van der Waals surface area contributed by atoms with Crippen LogP contribution in [0.15, 0.2) is 18.5 Å². The van der Waals surface area contributed by atoms with Crippen molar-refractivity contribution in [2.75, 3.05) is 5.73 Å². The molecule has 92 valence electrons. The van der Waals surface area contributed by atoms with Crippen LogP contribution in [-0.4, -0.2) is 24.7 Å². The SMILES string of the molecule is Nc1ncc([N+](=O)[O-])c(-n2ccc(C3CC3)n2)n1. The Balaban J connectivity index is 2.07. The topological polar surface area (TPSA) is 113 Å². The van der Waals surface area contributed by atoms with Crippen molar-refractivity contribution in [1.29, 1.82) is 0 Å². The van der Waals surface area contributed by atoms with Gasteiger partial charge in [-0.15, -0.1) is 0 Å². The van der Waals surface area contributed by atoms with Crippen LogP contribution in [0.5, 0.6) is 0 Å². The number of rotatable bonds is 3. The molecule has 2 heterocycles. The lowest BCUT2D eigenvalue weighted by molar-refractivity contribution is -0.385. The number of nitrogen functional groups attached to an aromatic ring is 1. The van der Waals surface area contributed by atoms with Gasteiger partial charge in [-0.2, -0.15) is 10.1 Å². The normalized spacial score (nSPS) is 14.7. The van der Waals surface area contributed by atoms with Crippen molar-refractivity contribution in [2.24, 2.45) is 0 Å². The van der Waals surface area contributed by atoms with E-state index < -0.39 is 4.92 Å². The average Bonchev–Trinajstić information content (AvgIpc) is 3.07. The van der Waals surface area contributed by atoms with Crippen molar-refractivity contribution in [1.82, 2.24) is 19.7 Å². The van der Waals surface area contributed by atoms with E-state index in [4.69, 9.17) is 5.73 Å². The maximum atomic E-state index is 10.9. The number of nitrogens with two attached hydrogens (primary N) is 1. The van der Waals surface area contributed by atoms with Crippen LogP contribution in [0.1, 0.15) is 24.5 Å². The molecule has 2 aromatic heterocycles. The van der Waals surface area contributed by atoms with Crippen LogP contribution in [0.4, 0.5) is 11.6 Å². The zero-order valence-electron chi connectivity index (χ0n) is 9.35. The van der Waals surface area contributed by atoms with Crippen molar-refractivity contribution in [3.8, 4) is 5.82 Å². The molecule has 1 aliphatic rings. The standard InChI is InChI=1S/C10H10N6O2/c11-10-12-5-8(16(17)18)9(13-10)15-4-3-7(14-15)6-1-2-6/h3-6H,1-2H2,(H2,11,12,13). The molecule has 18 heavy (non-hydrogen) atoms. The number of aromatic nitrogens is 4. The molecule has 3 rings (SSSR count). The zero-order chi connectivity index (χ0) is 12.7. The van der Waals surface area contributed by atoms with Crippen LogP contribution in [0.3, 0.4) is 0 Å². The number of anilines is 1. The minimum Gasteiger partial charge on any atom is -0.368 e. The molecular formula is C10H10N6O2. The molecule has 0 aliphatic heterocycles. The van der Waals surface area contributed by atoms with Gasteiger partial charge in [0.05, 0.1) is 10.6 Å². The van der Waals surface area contributed by atoms with E-state index in [0.717, 1.165) is 24.7 Å². The molecule has 8 nitrogen and oxygen atoms in total.